The summed E-state index contributed by atoms with van der Waals surface area (Å²) in [6, 6.07) is 2.45. The molecule has 1 heterocycles. The summed E-state index contributed by atoms with van der Waals surface area (Å²) in [6.45, 7) is 2.20. The lowest BCUT2D eigenvalue weighted by atomic mass is 10.0. The standard InChI is InChI=1S/C14H19N3O4/c1-9-3-2-4-10(6-5-9)15-13-12(17(20)21)8-7-11(16-13)14(18)19/h7-10H,2-6H2,1H3,(H,15,16)(H,18,19). The summed E-state index contributed by atoms with van der Waals surface area (Å²) in [5.41, 5.74) is -0.373. The number of carboxylic acids is 1. The van der Waals surface area contributed by atoms with Crippen molar-refractivity contribution >= 4 is 17.5 Å². The molecule has 2 atom stereocenters. The third-order valence-corrected chi connectivity index (χ3v) is 3.89. The molecule has 21 heavy (non-hydrogen) atoms. The minimum atomic E-state index is -1.19. The van der Waals surface area contributed by atoms with Crippen LogP contribution in [0.3, 0.4) is 0 Å². The van der Waals surface area contributed by atoms with Crippen LogP contribution in [0, 0.1) is 16.0 Å². The van der Waals surface area contributed by atoms with Crippen LogP contribution in [-0.2, 0) is 0 Å². The quantitative estimate of drug-likeness (QED) is 0.502. The molecule has 1 fully saturated rings. The van der Waals surface area contributed by atoms with E-state index >= 15 is 0 Å². The van der Waals surface area contributed by atoms with Crippen molar-refractivity contribution in [1.29, 1.82) is 0 Å². The van der Waals surface area contributed by atoms with E-state index in [0.29, 0.717) is 5.92 Å². The highest BCUT2D eigenvalue weighted by molar-refractivity contribution is 5.86. The second-order valence-corrected chi connectivity index (χ2v) is 5.58. The number of rotatable bonds is 4. The van der Waals surface area contributed by atoms with Crippen LogP contribution in [0.5, 0.6) is 0 Å². The summed E-state index contributed by atoms with van der Waals surface area (Å²) in [6.07, 6.45) is 5.11. The highest BCUT2D eigenvalue weighted by atomic mass is 16.6. The minimum absolute atomic E-state index is 0.0550. The van der Waals surface area contributed by atoms with Gasteiger partial charge in [-0.25, -0.2) is 9.78 Å². The van der Waals surface area contributed by atoms with E-state index < -0.39 is 10.9 Å². The molecule has 0 radical (unpaired) electrons. The van der Waals surface area contributed by atoms with Crippen molar-refractivity contribution in [3.63, 3.8) is 0 Å². The van der Waals surface area contributed by atoms with Gasteiger partial charge in [0.25, 0.3) is 0 Å². The summed E-state index contributed by atoms with van der Waals surface area (Å²) >= 11 is 0. The largest absolute Gasteiger partial charge is 0.477 e. The van der Waals surface area contributed by atoms with Crippen molar-refractivity contribution in [2.45, 2.75) is 45.1 Å². The number of pyridine rings is 1. The molecular weight excluding hydrogens is 274 g/mol. The summed E-state index contributed by atoms with van der Waals surface area (Å²) in [7, 11) is 0. The van der Waals surface area contributed by atoms with Crippen molar-refractivity contribution in [2.24, 2.45) is 5.92 Å². The van der Waals surface area contributed by atoms with Gasteiger partial charge in [-0.15, -0.1) is 0 Å². The lowest BCUT2D eigenvalue weighted by Gasteiger charge is -2.17. The normalized spacial score (nSPS) is 22.3. The zero-order valence-electron chi connectivity index (χ0n) is 11.9. The summed E-state index contributed by atoms with van der Waals surface area (Å²) in [5.74, 6) is -0.480. The van der Waals surface area contributed by atoms with E-state index in [2.05, 4.69) is 17.2 Å². The van der Waals surface area contributed by atoms with Gasteiger partial charge in [-0.3, -0.25) is 10.1 Å². The number of aromatic nitrogens is 1. The lowest BCUT2D eigenvalue weighted by Crippen LogP contribution is -2.20. The summed E-state index contributed by atoms with van der Waals surface area (Å²) < 4.78 is 0. The van der Waals surface area contributed by atoms with Crippen molar-refractivity contribution in [2.75, 3.05) is 5.32 Å². The average Bonchev–Trinajstić information content (AvgIpc) is 2.63. The Morgan fingerprint density at radius 2 is 2.14 bits per heavy atom. The molecule has 1 aliphatic carbocycles. The van der Waals surface area contributed by atoms with Gasteiger partial charge in [0.1, 0.15) is 0 Å². The van der Waals surface area contributed by atoms with Crippen molar-refractivity contribution < 1.29 is 14.8 Å². The molecule has 7 nitrogen and oxygen atoms in total. The van der Waals surface area contributed by atoms with Gasteiger partial charge < -0.3 is 10.4 Å². The first-order valence-electron chi connectivity index (χ1n) is 7.12. The molecule has 2 N–H and O–H groups in total. The van der Waals surface area contributed by atoms with Crippen LogP contribution in [0.25, 0.3) is 0 Å². The maximum absolute atomic E-state index is 11.0. The summed E-state index contributed by atoms with van der Waals surface area (Å²) in [4.78, 5) is 25.4. The predicted octanol–water partition coefficient (Wildman–Crippen LogP) is 3.07. The Morgan fingerprint density at radius 1 is 1.38 bits per heavy atom. The van der Waals surface area contributed by atoms with Gasteiger partial charge in [-0.2, -0.15) is 0 Å². The van der Waals surface area contributed by atoms with Gasteiger partial charge in [0.2, 0.25) is 5.82 Å². The topological polar surface area (TPSA) is 105 Å². The first-order valence-corrected chi connectivity index (χ1v) is 7.12. The second-order valence-electron chi connectivity index (χ2n) is 5.58. The minimum Gasteiger partial charge on any atom is -0.477 e. The van der Waals surface area contributed by atoms with E-state index in [4.69, 9.17) is 5.11 Å². The summed E-state index contributed by atoms with van der Waals surface area (Å²) in [5, 5.41) is 23.1. The average molecular weight is 293 g/mol. The maximum Gasteiger partial charge on any atom is 0.354 e. The molecule has 1 aromatic heterocycles. The van der Waals surface area contributed by atoms with Gasteiger partial charge in [0.05, 0.1) is 4.92 Å². The third kappa shape index (κ3) is 3.90. The molecule has 114 valence electrons. The van der Waals surface area contributed by atoms with Crippen LogP contribution >= 0.6 is 0 Å². The second kappa shape index (κ2) is 6.51. The van der Waals surface area contributed by atoms with Crippen molar-refractivity contribution in [3.05, 3.63) is 27.9 Å². The number of anilines is 1. The van der Waals surface area contributed by atoms with Crippen LogP contribution < -0.4 is 5.32 Å². The van der Waals surface area contributed by atoms with Crippen LogP contribution in [0.4, 0.5) is 11.5 Å². The molecule has 2 rings (SSSR count). The molecule has 0 aliphatic heterocycles. The Morgan fingerprint density at radius 3 is 2.81 bits per heavy atom. The smallest absolute Gasteiger partial charge is 0.354 e. The Hall–Kier alpha value is -2.18. The number of nitrogens with zero attached hydrogens (tertiary/aromatic N) is 2. The highest BCUT2D eigenvalue weighted by Crippen LogP contribution is 2.28. The zero-order chi connectivity index (χ0) is 15.4. The number of nitro groups is 1. The first kappa shape index (κ1) is 15.2. The predicted molar refractivity (Wildman–Crippen MR) is 77.5 cm³/mol. The monoisotopic (exact) mass is 293 g/mol. The van der Waals surface area contributed by atoms with Crippen molar-refractivity contribution in [3.8, 4) is 0 Å². The SMILES string of the molecule is CC1CCCC(Nc2nc(C(=O)O)ccc2[N+](=O)[O-])CC1. The molecule has 0 bridgehead atoms. The van der Waals surface area contributed by atoms with Gasteiger partial charge in [-0.05, 0) is 31.2 Å². The van der Waals surface area contributed by atoms with Crippen LogP contribution in [0.1, 0.15) is 49.5 Å². The molecule has 7 heteroatoms. The van der Waals surface area contributed by atoms with Crippen LogP contribution in [0.2, 0.25) is 0 Å². The Kier molecular flexibility index (Phi) is 4.72. The van der Waals surface area contributed by atoms with E-state index in [1.165, 1.54) is 6.07 Å². The molecule has 1 aromatic rings. The zero-order valence-corrected chi connectivity index (χ0v) is 11.9. The molecule has 0 aromatic carbocycles. The lowest BCUT2D eigenvalue weighted by molar-refractivity contribution is -0.384. The Balaban J connectivity index is 2.22. The van der Waals surface area contributed by atoms with Crippen LogP contribution in [0.15, 0.2) is 12.1 Å². The van der Waals surface area contributed by atoms with Crippen LogP contribution in [-0.4, -0.2) is 27.0 Å². The van der Waals surface area contributed by atoms with E-state index in [0.717, 1.165) is 38.2 Å². The van der Waals surface area contributed by atoms with Gasteiger partial charge in [0.15, 0.2) is 5.69 Å². The number of nitrogens with one attached hydrogen (secondary N) is 1. The molecular formula is C14H19N3O4. The van der Waals surface area contributed by atoms with Gasteiger partial charge in [-0.1, -0.05) is 19.8 Å². The number of hydrogen-bond acceptors (Lipinski definition) is 5. The number of carboxylic acid groups (broad SMARTS) is 1. The molecule has 1 aliphatic rings. The molecule has 0 amide bonds. The third-order valence-electron chi connectivity index (χ3n) is 3.89. The van der Waals surface area contributed by atoms with E-state index in [1.807, 2.05) is 0 Å². The first-order chi connectivity index (χ1) is 9.97. The number of carbonyl (C=O) groups is 1. The highest BCUT2D eigenvalue weighted by Gasteiger charge is 2.22. The number of aromatic carboxylic acids is 1. The maximum atomic E-state index is 11.0. The molecule has 2 unspecified atom stereocenters. The molecule has 0 saturated heterocycles. The fourth-order valence-electron chi connectivity index (χ4n) is 2.65. The van der Waals surface area contributed by atoms with E-state index in [1.54, 1.807) is 0 Å². The Bertz CT molecular complexity index is 547. The fraction of sp³-hybridized carbons (Fsp3) is 0.571. The molecule has 0 spiro atoms. The number of hydrogen-bond donors (Lipinski definition) is 2. The van der Waals surface area contributed by atoms with Gasteiger partial charge in [0, 0.05) is 12.1 Å². The molecule has 1 saturated carbocycles. The van der Waals surface area contributed by atoms with E-state index in [-0.39, 0.29) is 23.2 Å². The van der Waals surface area contributed by atoms with Gasteiger partial charge >= 0.3 is 11.7 Å². The fourth-order valence-corrected chi connectivity index (χ4v) is 2.65. The van der Waals surface area contributed by atoms with Crippen molar-refractivity contribution in [1.82, 2.24) is 4.98 Å². The Labute approximate surface area is 122 Å². The van der Waals surface area contributed by atoms with E-state index in [9.17, 15) is 14.9 Å².